The molecule has 132 valence electrons. The number of halogens is 1. The van der Waals surface area contributed by atoms with E-state index in [1.165, 1.54) is 6.07 Å². The van der Waals surface area contributed by atoms with Gasteiger partial charge in [0.15, 0.2) is 5.82 Å². The fourth-order valence-electron chi connectivity index (χ4n) is 3.93. The molecule has 25 heavy (non-hydrogen) atoms. The molecule has 1 aromatic carbocycles. The van der Waals surface area contributed by atoms with E-state index in [-0.39, 0.29) is 23.8 Å². The van der Waals surface area contributed by atoms with E-state index in [1.54, 1.807) is 23.4 Å². The minimum atomic E-state index is -0.281. The average molecular weight is 343 g/mol. The SMILES string of the molecule is O=C(NC(c1ccccc1F)C1CCCC1)N1CCn2cnnc2C1. The van der Waals surface area contributed by atoms with Crippen LogP contribution in [-0.4, -0.2) is 32.2 Å². The number of benzene rings is 1. The molecule has 1 atom stereocenters. The standard InChI is InChI=1S/C18H22FN5O/c19-15-8-4-3-7-14(15)17(13-5-1-2-6-13)21-18(25)23-9-10-24-12-20-22-16(24)11-23/h3-4,7-8,12-13,17H,1-2,5-6,9-11H2,(H,21,25). The van der Waals surface area contributed by atoms with Crippen LogP contribution in [0.1, 0.15) is 43.1 Å². The maximum atomic E-state index is 14.4. The Hall–Kier alpha value is -2.44. The predicted molar refractivity (Wildman–Crippen MR) is 90.1 cm³/mol. The molecule has 7 heteroatoms. The molecule has 6 nitrogen and oxygen atoms in total. The van der Waals surface area contributed by atoms with Gasteiger partial charge in [-0.1, -0.05) is 31.0 Å². The van der Waals surface area contributed by atoms with Gasteiger partial charge in [0, 0.05) is 18.7 Å². The first-order valence-corrected chi connectivity index (χ1v) is 8.89. The molecular formula is C18H22FN5O. The number of amides is 2. The minimum Gasteiger partial charge on any atom is -0.331 e. The molecule has 2 aliphatic rings. The van der Waals surface area contributed by atoms with Crippen LogP contribution in [0.25, 0.3) is 0 Å². The fraction of sp³-hybridized carbons (Fsp3) is 0.500. The largest absolute Gasteiger partial charge is 0.331 e. The second-order valence-corrected chi connectivity index (χ2v) is 6.86. The molecule has 0 saturated heterocycles. The van der Waals surface area contributed by atoms with Crippen molar-refractivity contribution in [2.75, 3.05) is 6.54 Å². The number of carbonyl (C=O) groups excluding carboxylic acids is 1. The Kier molecular flexibility index (Phi) is 4.38. The Balaban J connectivity index is 1.52. The third-order valence-corrected chi connectivity index (χ3v) is 5.32. The van der Waals surface area contributed by atoms with Crippen molar-refractivity contribution in [3.63, 3.8) is 0 Å². The van der Waals surface area contributed by atoms with Crippen molar-refractivity contribution in [2.24, 2.45) is 5.92 Å². The molecule has 1 saturated carbocycles. The highest BCUT2D eigenvalue weighted by Gasteiger charge is 2.31. The smallest absolute Gasteiger partial charge is 0.318 e. The summed E-state index contributed by atoms with van der Waals surface area (Å²) in [5.74, 6) is 0.817. The van der Waals surface area contributed by atoms with E-state index in [1.807, 2.05) is 10.6 Å². The molecule has 1 aliphatic heterocycles. The molecule has 0 radical (unpaired) electrons. The number of fused-ring (bicyclic) bond motifs is 1. The lowest BCUT2D eigenvalue weighted by molar-refractivity contribution is 0.173. The van der Waals surface area contributed by atoms with E-state index >= 15 is 0 Å². The lowest BCUT2D eigenvalue weighted by atomic mass is 9.91. The maximum absolute atomic E-state index is 14.4. The summed E-state index contributed by atoms with van der Waals surface area (Å²) in [6, 6.07) is 6.32. The normalized spacial score (nSPS) is 18.8. The predicted octanol–water partition coefficient (Wildman–Crippen LogP) is 2.87. The molecule has 1 aromatic heterocycles. The van der Waals surface area contributed by atoms with Gasteiger partial charge in [0.2, 0.25) is 0 Å². The van der Waals surface area contributed by atoms with Crippen molar-refractivity contribution in [2.45, 2.75) is 44.8 Å². The number of hydrogen-bond donors (Lipinski definition) is 1. The highest BCUT2D eigenvalue weighted by Crippen LogP contribution is 2.36. The summed E-state index contributed by atoms with van der Waals surface area (Å²) in [5.41, 5.74) is 0.586. The zero-order valence-corrected chi connectivity index (χ0v) is 14.1. The van der Waals surface area contributed by atoms with Crippen LogP contribution in [0.15, 0.2) is 30.6 Å². The number of urea groups is 1. The van der Waals surface area contributed by atoms with Crippen LogP contribution in [0, 0.1) is 11.7 Å². The monoisotopic (exact) mass is 343 g/mol. The van der Waals surface area contributed by atoms with E-state index in [0.29, 0.717) is 25.2 Å². The van der Waals surface area contributed by atoms with Gasteiger partial charge in [-0.3, -0.25) is 0 Å². The van der Waals surface area contributed by atoms with Gasteiger partial charge in [-0.2, -0.15) is 0 Å². The quantitative estimate of drug-likeness (QED) is 0.932. The van der Waals surface area contributed by atoms with Crippen molar-refractivity contribution in [1.82, 2.24) is 25.0 Å². The number of nitrogens with zero attached hydrogens (tertiary/aromatic N) is 4. The maximum Gasteiger partial charge on any atom is 0.318 e. The van der Waals surface area contributed by atoms with Crippen LogP contribution >= 0.6 is 0 Å². The lowest BCUT2D eigenvalue weighted by Gasteiger charge is -2.31. The van der Waals surface area contributed by atoms with Crippen LogP contribution in [-0.2, 0) is 13.1 Å². The fourth-order valence-corrected chi connectivity index (χ4v) is 3.93. The summed E-state index contributed by atoms with van der Waals surface area (Å²) >= 11 is 0. The summed E-state index contributed by atoms with van der Waals surface area (Å²) in [7, 11) is 0. The molecule has 4 rings (SSSR count). The molecule has 1 unspecified atom stereocenters. The first-order valence-electron chi connectivity index (χ1n) is 8.89. The Morgan fingerprint density at radius 3 is 2.84 bits per heavy atom. The second-order valence-electron chi connectivity index (χ2n) is 6.86. The number of nitrogens with one attached hydrogen (secondary N) is 1. The Morgan fingerprint density at radius 2 is 2.04 bits per heavy atom. The Morgan fingerprint density at radius 1 is 1.24 bits per heavy atom. The van der Waals surface area contributed by atoms with E-state index in [0.717, 1.165) is 31.5 Å². The Bertz CT molecular complexity index is 755. The molecule has 1 fully saturated rings. The molecule has 2 amide bonds. The number of aromatic nitrogens is 3. The highest BCUT2D eigenvalue weighted by atomic mass is 19.1. The molecule has 1 aliphatic carbocycles. The Labute approximate surface area is 146 Å². The minimum absolute atomic E-state index is 0.158. The summed E-state index contributed by atoms with van der Waals surface area (Å²) in [6.45, 7) is 1.72. The van der Waals surface area contributed by atoms with Crippen molar-refractivity contribution < 1.29 is 9.18 Å². The lowest BCUT2D eigenvalue weighted by Crippen LogP contribution is -2.46. The van der Waals surface area contributed by atoms with Crippen LogP contribution in [0.4, 0.5) is 9.18 Å². The summed E-state index contributed by atoms with van der Waals surface area (Å²) in [4.78, 5) is 14.5. The van der Waals surface area contributed by atoms with Gasteiger partial charge in [0.1, 0.15) is 12.1 Å². The van der Waals surface area contributed by atoms with Gasteiger partial charge in [0.05, 0.1) is 12.6 Å². The van der Waals surface area contributed by atoms with Gasteiger partial charge >= 0.3 is 6.03 Å². The van der Waals surface area contributed by atoms with Crippen LogP contribution in [0.2, 0.25) is 0 Å². The van der Waals surface area contributed by atoms with Crippen molar-refractivity contribution in [3.05, 3.63) is 47.8 Å². The third kappa shape index (κ3) is 3.23. The van der Waals surface area contributed by atoms with Crippen molar-refractivity contribution in [3.8, 4) is 0 Å². The van der Waals surface area contributed by atoms with E-state index in [4.69, 9.17) is 0 Å². The average Bonchev–Trinajstić information content (AvgIpc) is 3.31. The van der Waals surface area contributed by atoms with E-state index in [2.05, 4.69) is 15.5 Å². The number of rotatable bonds is 3. The molecule has 0 spiro atoms. The van der Waals surface area contributed by atoms with Gasteiger partial charge in [-0.25, -0.2) is 9.18 Å². The van der Waals surface area contributed by atoms with E-state index < -0.39 is 0 Å². The number of hydrogen-bond acceptors (Lipinski definition) is 3. The summed E-state index contributed by atoms with van der Waals surface area (Å²) < 4.78 is 16.3. The molecule has 2 heterocycles. The molecule has 2 aromatic rings. The zero-order chi connectivity index (χ0) is 17.2. The van der Waals surface area contributed by atoms with Crippen molar-refractivity contribution >= 4 is 6.03 Å². The van der Waals surface area contributed by atoms with Gasteiger partial charge in [0.25, 0.3) is 0 Å². The van der Waals surface area contributed by atoms with Gasteiger partial charge in [-0.05, 0) is 24.8 Å². The summed E-state index contributed by atoms with van der Waals surface area (Å²) in [5, 5.41) is 11.0. The third-order valence-electron chi connectivity index (χ3n) is 5.32. The first-order chi connectivity index (χ1) is 12.2. The molecule has 0 bridgehead atoms. The molecular weight excluding hydrogens is 321 g/mol. The topological polar surface area (TPSA) is 63.1 Å². The van der Waals surface area contributed by atoms with Gasteiger partial charge in [-0.15, -0.1) is 10.2 Å². The van der Waals surface area contributed by atoms with Crippen LogP contribution in [0.5, 0.6) is 0 Å². The number of carbonyl (C=O) groups is 1. The first kappa shape index (κ1) is 16.1. The molecule has 1 N–H and O–H groups in total. The summed E-state index contributed by atoms with van der Waals surface area (Å²) in [6.07, 6.45) is 6.00. The van der Waals surface area contributed by atoms with Gasteiger partial charge < -0.3 is 14.8 Å². The van der Waals surface area contributed by atoms with Crippen molar-refractivity contribution in [1.29, 1.82) is 0 Å². The highest BCUT2D eigenvalue weighted by molar-refractivity contribution is 5.74. The van der Waals surface area contributed by atoms with Crippen LogP contribution in [0.3, 0.4) is 0 Å². The van der Waals surface area contributed by atoms with E-state index in [9.17, 15) is 9.18 Å². The van der Waals surface area contributed by atoms with Crippen LogP contribution < -0.4 is 5.32 Å². The second kappa shape index (κ2) is 6.82. The zero-order valence-electron chi connectivity index (χ0n) is 14.1.